The number of aryl methyl sites for hydroxylation is 1. The lowest BCUT2D eigenvalue weighted by molar-refractivity contribution is -0.114. The highest BCUT2D eigenvalue weighted by Crippen LogP contribution is 2.27. The van der Waals surface area contributed by atoms with E-state index in [1.165, 1.54) is 6.07 Å². The second-order valence-electron chi connectivity index (χ2n) is 5.69. The van der Waals surface area contributed by atoms with Crippen molar-refractivity contribution in [3.63, 3.8) is 0 Å². The molecular formula is C18H20F2N2O. The molecule has 0 fully saturated rings. The summed E-state index contributed by atoms with van der Waals surface area (Å²) in [5.74, 6) is -1.80. The van der Waals surface area contributed by atoms with Crippen molar-refractivity contribution in [1.29, 1.82) is 0 Å². The minimum Gasteiger partial charge on any atom is -0.376 e. The first kappa shape index (κ1) is 16.9. The van der Waals surface area contributed by atoms with E-state index in [-0.39, 0.29) is 6.54 Å². The van der Waals surface area contributed by atoms with Crippen LogP contribution >= 0.6 is 0 Å². The Hall–Kier alpha value is -2.43. The van der Waals surface area contributed by atoms with Gasteiger partial charge in [-0.05, 0) is 36.1 Å². The molecule has 3 nitrogen and oxygen atoms in total. The quantitative estimate of drug-likeness (QED) is 0.855. The Labute approximate surface area is 134 Å². The van der Waals surface area contributed by atoms with Gasteiger partial charge in [-0.3, -0.25) is 4.79 Å². The Bertz CT molecular complexity index is 694. The molecule has 0 unspecified atom stereocenters. The van der Waals surface area contributed by atoms with Crippen LogP contribution in [0, 0.1) is 18.6 Å². The Morgan fingerprint density at radius 3 is 2.26 bits per heavy atom. The average Bonchev–Trinajstić information content (AvgIpc) is 2.49. The molecule has 122 valence electrons. The summed E-state index contributed by atoms with van der Waals surface area (Å²) in [4.78, 5) is 12.0. The van der Waals surface area contributed by atoms with E-state index >= 15 is 0 Å². The van der Waals surface area contributed by atoms with Crippen molar-refractivity contribution in [2.24, 2.45) is 0 Å². The third-order valence-corrected chi connectivity index (χ3v) is 3.58. The molecular weight excluding hydrogens is 298 g/mol. The molecule has 0 aliphatic heterocycles. The van der Waals surface area contributed by atoms with Crippen LogP contribution < -0.4 is 10.6 Å². The highest BCUT2D eigenvalue weighted by atomic mass is 19.1. The van der Waals surface area contributed by atoms with Crippen LogP contribution in [0.3, 0.4) is 0 Å². The summed E-state index contributed by atoms with van der Waals surface area (Å²) in [6, 6.07) is 9.36. The lowest BCUT2D eigenvalue weighted by Crippen LogP contribution is -2.23. The molecule has 2 N–H and O–H groups in total. The molecule has 0 aliphatic carbocycles. The van der Waals surface area contributed by atoms with E-state index in [9.17, 15) is 13.6 Å². The maximum absolute atomic E-state index is 13.5. The highest BCUT2D eigenvalue weighted by molar-refractivity contribution is 5.94. The van der Waals surface area contributed by atoms with Crippen molar-refractivity contribution in [3.8, 4) is 0 Å². The summed E-state index contributed by atoms with van der Waals surface area (Å²) in [7, 11) is 0. The molecule has 0 aliphatic rings. The third-order valence-electron chi connectivity index (χ3n) is 3.58. The predicted molar refractivity (Wildman–Crippen MR) is 88.7 cm³/mol. The topological polar surface area (TPSA) is 41.1 Å². The molecule has 23 heavy (non-hydrogen) atoms. The Balaban J connectivity index is 2.09. The number of halogens is 2. The molecule has 0 aromatic heterocycles. The first-order valence-corrected chi connectivity index (χ1v) is 7.47. The summed E-state index contributed by atoms with van der Waals surface area (Å²) in [5, 5.41) is 5.33. The number of benzene rings is 2. The monoisotopic (exact) mass is 318 g/mol. The molecule has 0 heterocycles. The van der Waals surface area contributed by atoms with E-state index in [1.54, 1.807) is 0 Å². The molecule has 0 bridgehead atoms. The molecule has 0 atom stereocenters. The zero-order valence-electron chi connectivity index (χ0n) is 13.4. The number of carbonyl (C=O) groups excluding carboxylic acids is 1. The standard InChI is InChI=1S/C18H20F2N2O/c1-11(2)13-7-4-6-12(3)17(13)21-10-16(23)22-18-14(19)8-5-9-15(18)20/h4-9,11,21H,10H2,1-3H3,(H,22,23). The number of hydrogen-bond donors (Lipinski definition) is 2. The normalized spacial score (nSPS) is 10.7. The number of nitrogens with one attached hydrogen (secondary N) is 2. The zero-order valence-corrected chi connectivity index (χ0v) is 13.4. The number of hydrogen-bond acceptors (Lipinski definition) is 2. The fourth-order valence-corrected chi connectivity index (χ4v) is 2.38. The largest absolute Gasteiger partial charge is 0.376 e. The highest BCUT2D eigenvalue weighted by Gasteiger charge is 2.13. The molecule has 0 saturated heterocycles. The number of carbonyl (C=O) groups is 1. The van der Waals surface area contributed by atoms with Gasteiger partial charge >= 0.3 is 0 Å². The van der Waals surface area contributed by atoms with Gasteiger partial charge in [0, 0.05) is 5.69 Å². The maximum Gasteiger partial charge on any atom is 0.243 e. The fraction of sp³-hybridized carbons (Fsp3) is 0.278. The van der Waals surface area contributed by atoms with Crippen molar-refractivity contribution in [1.82, 2.24) is 0 Å². The Morgan fingerprint density at radius 2 is 1.65 bits per heavy atom. The number of rotatable bonds is 5. The molecule has 2 aromatic carbocycles. The van der Waals surface area contributed by atoms with Crippen molar-refractivity contribution >= 4 is 17.3 Å². The molecule has 0 saturated carbocycles. The predicted octanol–water partition coefficient (Wildman–Crippen LogP) is 4.45. The van der Waals surface area contributed by atoms with E-state index in [0.717, 1.165) is 28.9 Å². The molecule has 2 aromatic rings. The van der Waals surface area contributed by atoms with Gasteiger partial charge < -0.3 is 10.6 Å². The Kier molecular flexibility index (Phi) is 5.32. The summed E-state index contributed by atoms with van der Waals surface area (Å²) in [6.07, 6.45) is 0. The number of anilines is 2. The van der Waals surface area contributed by atoms with Crippen LogP contribution in [0.25, 0.3) is 0 Å². The van der Waals surface area contributed by atoms with Gasteiger partial charge in [-0.15, -0.1) is 0 Å². The third kappa shape index (κ3) is 4.06. The number of para-hydroxylation sites is 2. The Morgan fingerprint density at radius 1 is 1.04 bits per heavy atom. The lowest BCUT2D eigenvalue weighted by atomic mass is 9.98. The van der Waals surface area contributed by atoms with Gasteiger partial charge in [-0.25, -0.2) is 8.78 Å². The molecule has 2 rings (SSSR count). The van der Waals surface area contributed by atoms with Crippen molar-refractivity contribution in [2.45, 2.75) is 26.7 Å². The van der Waals surface area contributed by atoms with Gasteiger partial charge in [0.15, 0.2) is 0 Å². The first-order valence-electron chi connectivity index (χ1n) is 7.47. The summed E-state index contributed by atoms with van der Waals surface area (Å²) in [5.41, 5.74) is 2.57. The molecule has 1 amide bonds. The van der Waals surface area contributed by atoms with Gasteiger partial charge in [-0.1, -0.05) is 38.1 Å². The van der Waals surface area contributed by atoms with Gasteiger partial charge in [0.2, 0.25) is 5.91 Å². The van der Waals surface area contributed by atoms with E-state index in [0.29, 0.717) is 5.92 Å². The second kappa shape index (κ2) is 7.22. The molecule has 5 heteroatoms. The van der Waals surface area contributed by atoms with Crippen LogP contribution in [0.2, 0.25) is 0 Å². The van der Waals surface area contributed by atoms with Crippen LogP contribution in [-0.2, 0) is 4.79 Å². The fourth-order valence-electron chi connectivity index (χ4n) is 2.38. The average molecular weight is 318 g/mol. The van der Waals surface area contributed by atoms with Crippen LogP contribution in [0.15, 0.2) is 36.4 Å². The second-order valence-corrected chi connectivity index (χ2v) is 5.69. The minimum atomic E-state index is -0.794. The van der Waals surface area contributed by atoms with Crippen molar-refractivity contribution < 1.29 is 13.6 Å². The van der Waals surface area contributed by atoms with E-state index in [4.69, 9.17) is 0 Å². The van der Waals surface area contributed by atoms with E-state index in [1.807, 2.05) is 25.1 Å². The summed E-state index contributed by atoms with van der Waals surface area (Å²) < 4.78 is 27.1. The van der Waals surface area contributed by atoms with Crippen LogP contribution in [0.1, 0.15) is 30.9 Å². The summed E-state index contributed by atoms with van der Waals surface area (Å²) >= 11 is 0. The van der Waals surface area contributed by atoms with Crippen molar-refractivity contribution in [2.75, 3.05) is 17.2 Å². The van der Waals surface area contributed by atoms with E-state index < -0.39 is 23.2 Å². The minimum absolute atomic E-state index is 0.0711. The van der Waals surface area contributed by atoms with Gasteiger partial charge in [0.25, 0.3) is 0 Å². The van der Waals surface area contributed by atoms with Gasteiger partial charge in [0.1, 0.15) is 17.3 Å². The zero-order chi connectivity index (χ0) is 17.0. The molecule has 0 radical (unpaired) electrons. The summed E-state index contributed by atoms with van der Waals surface area (Å²) in [6.45, 7) is 6.00. The van der Waals surface area contributed by atoms with Gasteiger partial charge in [0.05, 0.1) is 6.54 Å². The van der Waals surface area contributed by atoms with Crippen LogP contribution in [0.5, 0.6) is 0 Å². The van der Waals surface area contributed by atoms with E-state index in [2.05, 4.69) is 24.5 Å². The number of amides is 1. The smallest absolute Gasteiger partial charge is 0.243 e. The lowest BCUT2D eigenvalue weighted by Gasteiger charge is -2.17. The SMILES string of the molecule is Cc1cccc(C(C)C)c1NCC(=O)Nc1c(F)cccc1F. The first-order chi connectivity index (χ1) is 10.9. The van der Waals surface area contributed by atoms with Gasteiger partial charge in [-0.2, -0.15) is 0 Å². The van der Waals surface area contributed by atoms with Crippen LogP contribution in [-0.4, -0.2) is 12.5 Å². The molecule has 0 spiro atoms. The van der Waals surface area contributed by atoms with Crippen LogP contribution in [0.4, 0.5) is 20.2 Å². The maximum atomic E-state index is 13.5. The van der Waals surface area contributed by atoms with Crippen molar-refractivity contribution in [3.05, 3.63) is 59.2 Å².